The van der Waals surface area contributed by atoms with Crippen LogP contribution in [0.2, 0.25) is 0 Å². The van der Waals surface area contributed by atoms with E-state index in [0.717, 1.165) is 11.3 Å². The zero-order valence-electron chi connectivity index (χ0n) is 13.1. The molecule has 0 atom stereocenters. The van der Waals surface area contributed by atoms with Crippen molar-refractivity contribution in [3.8, 4) is 5.75 Å². The molecular formula is C22H18O. The fraction of sp³-hybridized carbons (Fsp3) is 0.0909. The molecule has 0 saturated heterocycles. The molecule has 0 N–H and O–H groups in total. The number of hydrogen-bond acceptors (Lipinski definition) is 1. The number of fused-ring (bicyclic) bond motifs is 2. The third-order valence-electron chi connectivity index (χ3n) is 4.26. The van der Waals surface area contributed by atoms with Gasteiger partial charge in [-0.2, -0.15) is 0 Å². The molecule has 23 heavy (non-hydrogen) atoms. The number of benzene rings is 3. The minimum Gasteiger partial charge on any atom is -0.488 e. The van der Waals surface area contributed by atoms with Crippen molar-refractivity contribution in [2.45, 2.75) is 13.5 Å². The summed E-state index contributed by atoms with van der Waals surface area (Å²) in [4.78, 5) is 0. The summed E-state index contributed by atoms with van der Waals surface area (Å²) < 4.78 is 6.02. The molecule has 4 rings (SSSR count). The highest BCUT2D eigenvalue weighted by molar-refractivity contribution is 5.94. The topological polar surface area (TPSA) is 9.23 Å². The van der Waals surface area contributed by atoms with Crippen molar-refractivity contribution in [3.63, 3.8) is 0 Å². The summed E-state index contributed by atoms with van der Waals surface area (Å²) in [7, 11) is 0. The van der Waals surface area contributed by atoms with Gasteiger partial charge in [0.2, 0.25) is 0 Å². The molecule has 112 valence electrons. The lowest BCUT2D eigenvalue weighted by Gasteiger charge is -2.10. The van der Waals surface area contributed by atoms with Gasteiger partial charge in [-0.15, -0.1) is 0 Å². The largest absolute Gasteiger partial charge is 0.488 e. The third kappa shape index (κ3) is 2.66. The van der Waals surface area contributed by atoms with Gasteiger partial charge in [-0.1, -0.05) is 72.3 Å². The molecule has 3 aromatic carbocycles. The van der Waals surface area contributed by atoms with Gasteiger partial charge in [0, 0.05) is 5.56 Å². The Bertz CT molecular complexity index is 823. The number of ether oxygens (including phenoxy) is 1. The van der Waals surface area contributed by atoms with Gasteiger partial charge in [0.25, 0.3) is 0 Å². The maximum absolute atomic E-state index is 6.02. The Labute approximate surface area is 136 Å². The van der Waals surface area contributed by atoms with Crippen molar-refractivity contribution in [3.05, 3.63) is 101 Å². The summed E-state index contributed by atoms with van der Waals surface area (Å²) in [6, 6.07) is 25.4. The van der Waals surface area contributed by atoms with E-state index in [1.165, 1.54) is 27.8 Å². The first-order chi connectivity index (χ1) is 11.3. The van der Waals surface area contributed by atoms with E-state index in [1.54, 1.807) is 0 Å². The molecule has 1 heterocycles. The highest BCUT2D eigenvalue weighted by Gasteiger charge is 2.18. The molecule has 1 aliphatic heterocycles. The van der Waals surface area contributed by atoms with Crippen molar-refractivity contribution in [1.82, 2.24) is 0 Å². The molecule has 1 heteroatoms. The first-order valence-electron chi connectivity index (χ1n) is 7.90. The minimum absolute atomic E-state index is 0.610. The molecule has 1 nitrogen and oxygen atoms in total. The Morgan fingerprint density at radius 1 is 0.783 bits per heavy atom. The average Bonchev–Trinajstić information content (AvgIpc) is 2.75. The maximum atomic E-state index is 6.02. The molecule has 0 aromatic heterocycles. The summed E-state index contributed by atoms with van der Waals surface area (Å²) in [5, 5.41) is 0. The summed E-state index contributed by atoms with van der Waals surface area (Å²) in [6.07, 6.45) is 2.26. The summed E-state index contributed by atoms with van der Waals surface area (Å²) in [5.41, 5.74) is 7.32. The van der Waals surface area contributed by atoms with Crippen molar-refractivity contribution >= 4 is 11.6 Å². The maximum Gasteiger partial charge on any atom is 0.127 e. The van der Waals surface area contributed by atoms with Gasteiger partial charge in [-0.05, 0) is 41.3 Å². The number of aryl methyl sites for hydroxylation is 1. The van der Waals surface area contributed by atoms with Gasteiger partial charge < -0.3 is 4.74 Å². The second-order valence-corrected chi connectivity index (χ2v) is 5.91. The molecule has 0 bridgehead atoms. The first-order valence-corrected chi connectivity index (χ1v) is 7.90. The SMILES string of the molecule is Cc1ccc(/C=C2/c3ccccc3COc3ccccc32)cc1. The number of para-hydroxylation sites is 1. The van der Waals surface area contributed by atoms with Crippen LogP contribution in [0.25, 0.3) is 11.6 Å². The van der Waals surface area contributed by atoms with Crippen LogP contribution in [0.15, 0.2) is 72.8 Å². The van der Waals surface area contributed by atoms with Crippen LogP contribution in [0.4, 0.5) is 0 Å². The molecule has 0 radical (unpaired) electrons. The van der Waals surface area contributed by atoms with E-state index in [4.69, 9.17) is 4.74 Å². The highest BCUT2D eigenvalue weighted by Crippen LogP contribution is 2.37. The van der Waals surface area contributed by atoms with E-state index < -0.39 is 0 Å². The molecule has 0 spiro atoms. The molecule has 0 amide bonds. The zero-order chi connectivity index (χ0) is 15.6. The van der Waals surface area contributed by atoms with E-state index in [0.29, 0.717) is 6.61 Å². The summed E-state index contributed by atoms with van der Waals surface area (Å²) in [6.45, 7) is 2.72. The Morgan fingerprint density at radius 2 is 1.48 bits per heavy atom. The highest BCUT2D eigenvalue weighted by atomic mass is 16.5. The average molecular weight is 298 g/mol. The predicted molar refractivity (Wildman–Crippen MR) is 95.4 cm³/mol. The van der Waals surface area contributed by atoms with Gasteiger partial charge in [-0.25, -0.2) is 0 Å². The fourth-order valence-corrected chi connectivity index (χ4v) is 3.01. The molecule has 0 fully saturated rings. The molecule has 0 saturated carbocycles. The molecule has 0 unspecified atom stereocenters. The Morgan fingerprint density at radius 3 is 2.30 bits per heavy atom. The molecule has 3 aromatic rings. The zero-order valence-corrected chi connectivity index (χ0v) is 13.1. The van der Waals surface area contributed by atoms with Crippen LogP contribution in [0.3, 0.4) is 0 Å². The number of hydrogen-bond donors (Lipinski definition) is 0. The number of rotatable bonds is 1. The Balaban J connectivity index is 1.94. The van der Waals surface area contributed by atoms with E-state index >= 15 is 0 Å². The van der Waals surface area contributed by atoms with Crippen LogP contribution < -0.4 is 4.74 Å². The van der Waals surface area contributed by atoms with Gasteiger partial charge in [-0.3, -0.25) is 0 Å². The quantitative estimate of drug-likeness (QED) is 0.578. The minimum atomic E-state index is 0.610. The van der Waals surface area contributed by atoms with Gasteiger partial charge in [0.15, 0.2) is 0 Å². The van der Waals surface area contributed by atoms with Crippen LogP contribution in [-0.2, 0) is 6.61 Å². The molecule has 1 aliphatic rings. The first kappa shape index (κ1) is 13.8. The lowest BCUT2D eigenvalue weighted by atomic mass is 9.92. The second-order valence-electron chi connectivity index (χ2n) is 5.91. The smallest absolute Gasteiger partial charge is 0.127 e. The lowest BCUT2D eigenvalue weighted by molar-refractivity contribution is 0.307. The van der Waals surface area contributed by atoms with Gasteiger partial charge in [0.05, 0.1) is 0 Å². The Hall–Kier alpha value is -2.80. The lowest BCUT2D eigenvalue weighted by Crippen LogP contribution is -1.94. The van der Waals surface area contributed by atoms with Gasteiger partial charge >= 0.3 is 0 Å². The van der Waals surface area contributed by atoms with Crippen LogP contribution in [0.1, 0.15) is 27.8 Å². The summed E-state index contributed by atoms with van der Waals surface area (Å²) >= 11 is 0. The van der Waals surface area contributed by atoms with Crippen LogP contribution in [0.5, 0.6) is 5.75 Å². The molecule has 0 aliphatic carbocycles. The van der Waals surface area contributed by atoms with Crippen molar-refractivity contribution in [1.29, 1.82) is 0 Å². The predicted octanol–water partition coefficient (Wildman–Crippen LogP) is 5.48. The normalized spacial score (nSPS) is 14.6. The fourth-order valence-electron chi connectivity index (χ4n) is 3.01. The van der Waals surface area contributed by atoms with E-state index in [1.807, 2.05) is 12.1 Å². The Kier molecular flexibility index (Phi) is 3.47. The van der Waals surface area contributed by atoms with Crippen molar-refractivity contribution in [2.75, 3.05) is 0 Å². The van der Waals surface area contributed by atoms with Crippen LogP contribution in [-0.4, -0.2) is 0 Å². The van der Waals surface area contributed by atoms with Crippen molar-refractivity contribution in [2.24, 2.45) is 0 Å². The second kappa shape index (κ2) is 5.77. The van der Waals surface area contributed by atoms with Crippen LogP contribution in [0, 0.1) is 6.92 Å². The molecular weight excluding hydrogens is 280 g/mol. The van der Waals surface area contributed by atoms with Gasteiger partial charge in [0.1, 0.15) is 12.4 Å². The van der Waals surface area contributed by atoms with E-state index in [2.05, 4.69) is 73.7 Å². The summed E-state index contributed by atoms with van der Waals surface area (Å²) in [5.74, 6) is 0.946. The van der Waals surface area contributed by atoms with E-state index in [9.17, 15) is 0 Å². The monoisotopic (exact) mass is 298 g/mol. The van der Waals surface area contributed by atoms with Crippen LogP contribution >= 0.6 is 0 Å². The standard InChI is InChI=1S/C22H18O/c1-16-10-12-17(13-11-16)14-21-19-7-3-2-6-18(19)15-23-22-9-5-4-8-20(21)22/h2-14H,15H2,1H3/b21-14-. The third-order valence-corrected chi connectivity index (χ3v) is 4.26. The van der Waals surface area contributed by atoms with E-state index in [-0.39, 0.29) is 0 Å². The van der Waals surface area contributed by atoms with Crippen molar-refractivity contribution < 1.29 is 4.74 Å².